The summed E-state index contributed by atoms with van der Waals surface area (Å²) in [5.74, 6) is -1.26. The van der Waals surface area contributed by atoms with E-state index in [4.69, 9.17) is 4.74 Å². The molecule has 140 valence electrons. The Morgan fingerprint density at radius 1 is 1.11 bits per heavy atom. The van der Waals surface area contributed by atoms with Crippen molar-refractivity contribution in [2.45, 2.75) is 13.5 Å². The fourth-order valence-corrected chi connectivity index (χ4v) is 3.86. The lowest BCUT2D eigenvalue weighted by Gasteiger charge is -2.09. The predicted molar refractivity (Wildman–Crippen MR) is 103 cm³/mol. The number of rotatable bonds is 6. The van der Waals surface area contributed by atoms with Gasteiger partial charge in [-0.3, -0.25) is 0 Å². The minimum atomic E-state index is -0.462. The first-order chi connectivity index (χ1) is 13.0. The molecule has 0 unspecified atom stereocenters. The minimum absolute atomic E-state index is 0.243. The number of methoxy groups -OCH3 is 1. The number of benzene rings is 2. The Morgan fingerprint density at radius 2 is 1.85 bits per heavy atom. The lowest BCUT2D eigenvalue weighted by atomic mass is 10.1. The number of carbonyl (C=O) groups excluding carboxylic acids is 2. The third-order valence-corrected chi connectivity index (χ3v) is 5.18. The summed E-state index contributed by atoms with van der Waals surface area (Å²) in [6.45, 7) is 2.22. The van der Waals surface area contributed by atoms with E-state index in [1.54, 1.807) is 43.3 Å². The number of ether oxygens (including phenoxy) is 2. The molecule has 0 amide bonds. The summed E-state index contributed by atoms with van der Waals surface area (Å²) >= 11 is 1.21. The van der Waals surface area contributed by atoms with Gasteiger partial charge in [0.2, 0.25) is 0 Å². The number of hydrogen-bond acceptors (Lipinski definition) is 6. The highest BCUT2D eigenvalue weighted by molar-refractivity contribution is 7.21. The smallest absolute Gasteiger partial charge is 0.348 e. The molecule has 0 saturated carbocycles. The zero-order chi connectivity index (χ0) is 19.4. The van der Waals surface area contributed by atoms with Gasteiger partial charge in [0.1, 0.15) is 10.7 Å². The van der Waals surface area contributed by atoms with Gasteiger partial charge in [-0.15, -0.1) is 11.3 Å². The Morgan fingerprint density at radius 3 is 2.52 bits per heavy atom. The van der Waals surface area contributed by atoms with Gasteiger partial charge in [-0.25, -0.2) is 14.0 Å². The van der Waals surface area contributed by atoms with Crippen molar-refractivity contribution in [2.75, 3.05) is 19.0 Å². The van der Waals surface area contributed by atoms with Gasteiger partial charge in [0.25, 0.3) is 0 Å². The van der Waals surface area contributed by atoms with E-state index in [9.17, 15) is 14.0 Å². The second-order valence-electron chi connectivity index (χ2n) is 5.67. The third kappa shape index (κ3) is 3.93. The van der Waals surface area contributed by atoms with Crippen LogP contribution in [0.25, 0.3) is 10.1 Å². The summed E-state index contributed by atoms with van der Waals surface area (Å²) in [6, 6.07) is 11.5. The number of fused-ring (bicyclic) bond motifs is 1. The molecule has 7 heteroatoms. The van der Waals surface area contributed by atoms with Crippen molar-refractivity contribution in [1.82, 2.24) is 0 Å². The molecule has 1 N–H and O–H groups in total. The fourth-order valence-electron chi connectivity index (χ4n) is 2.73. The summed E-state index contributed by atoms with van der Waals surface area (Å²) in [5, 5.41) is 3.59. The lowest BCUT2D eigenvalue weighted by Crippen LogP contribution is -2.08. The summed E-state index contributed by atoms with van der Waals surface area (Å²) in [5.41, 5.74) is 1.72. The van der Waals surface area contributed by atoms with E-state index in [0.29, 0.717) is 26.1 Å². The molecular weight excluding hydrogens is 369 g/mol. The molecule has 0 aliphatic rings. The van der Waals surface area contributed by atoms with Gasteiger partial charge in [-0.2, -0.15) is 0 Å². The Balaban J connectivity index is 1.90. The Hall–Kier alpha value is -2.93. The molecule has 0 spiro atoms. The van der Waals surface area contributed by atoms with Crippen LogP contribution in [0.2, 0.25) is 0 Å². The molecular formula is C20H18FNO4S. The molecule has 0 aliphatic heterocycles. The van der Waals surface area contributed by atoms with Crippen LogP contribution in [0.4, 0.5) is 10.1 Å². The summed E-state index contributed by atoms with van der Waals surface area (Å²) in [7, 11) is 1.32. The maximum Gasteiger partial charge on any atom is 0.348 e. The first-order valence-electron chi connectivity index (χ1n) is 8.34. The molecule has 0 bridgehead atoms. The van der Waals surface area contributed by atoms with Crippen molar-refractivity contribution in [2.24, 2.45) is 0 Å². The standard InChI is InChI=1S/C20H18FNO4S/c1-3-26-20(24)18-14(17-15(21)5-4-6-16(17)27-18)11-22-13-9-7-12(8-10-13)19(23)25-2/h4-10,22H,3,11H2,1-2H3. The van der Waals surface area contributed by atoms with Crippen LogP contribution in [0.5, 0.6) is 0 Å². The van der Waals surface area contributed by atoms with Crippen LogP contribution in [0.3, 0.4) is 0 Å². The van der Waals surface area contributed by atoms with Crippen molar-refractivity contribution < 1.29 is 23.5 Å². The van der Waals surface area contributed by atoms with Crippen molar-refractivity contribution in [3.8, 4) is 0 Å². The maximum atomic E-state index is 14.4. The molecule has 3 rings (SSSR count). The summed E-state index contributed by atoms with van der Waals surface area (Å²) in [4.78, 5) is 24.2. The number of hydrogen-bond donors (Lipinski definition) is 1. The topological polar surface area (TPSA) is 64.6 Å². The Bertz CT molecular complexity index is 982. The third-order valence-electron chi connectivity index (χ3n) is 4.00. The molecule has 0 atom stereocenters. The molecule has 0 fully saturated rings. The van der Waals surface area contributed by atoms with E-state index < -0.39 is 11.9 Å². The van der Waals surface area contributed by atoms with E-state index in [-0.39, 0.29) is 19.0 Å². The quantitative estimate of drug-likeness (QED) is 0.626. The normalized spacial score (nSPS) is 10.6. The number of anilines is 1. The minimum Gasteiger partial charge on any atom is -0.465 e. The molecule has 0 saturated heterocycles. The first kappa shape index (κ1) is 18.8. The highest BCUT2D eigenvalue weighted by Crippen LogP contribution is 2.34. The largest absolute Gasteiger partial charge is 0.465 e. The Kier molecular flexibility index (Phi) is 5.71. The highest BCUT2D eigenvalue weighted by Gasteiger charge is 2.21. The summed E-state index contributed by atoms with van der Waals surface area (Å²) in [6.07, 6.45) is 0. The van der Waals surface area contributed by atoms with E-state index >= 15 is 0 Å². The van der Waals surface area contributed by atoms with Crippen LogP contribution in [0.1, 0.15) is 32.5 Å². The number of carbonyl (C=O) groups is 2. The van der Waals surface area contributed by atoms with Gasteiger partial charge < -0.3 is 14.8 Å². The van der Waals surface area contributed by atoms with Crippen molar-refractivity contribution in [3.63, 3.8) is 0 Å². The molecule has 3 aromatic rings. The average molecular weight is 387 g/mol. The molecule has 2 aromatic carbocycles. The monoisotopic (exact) mass is 387 g/mol. The number of esters is 2. The zero-order valence-corrected chi connectivity index (χ0v) is 15.7. The van der Waals surface area contributed by atoms with Crippen LogP contribution in [-0.4, -0.2) is 25.7 Å². The SMILES string of the molecule is CCOC(=O)c1sc2cccc(F)c2c1CNc1ccc(C(=O)OC)cc1. The fraction of sp³-hybridized carbons (Fsp3) is 0.200. The van der Waals surface area contributed by atoms with E-state index in [1.165, 1.54) is 24.5 Å². The first-order valence-corrected chi connectivity index (χ1v) is 9.16. The van der Waals surface area contributed by atoms with E-state index in [1.807, 2.05) is 0 Å². The molecule has 0 radical (unpaired) electrons. The van der Waals surface area contributed by atoms with Gasteiger partial charge in [-0.05, 0) is 43.3 Å². The zero-order valence-electron chi connectivity index (χ0n) is 14.9. The van der Waals surface area contributed by atoms with Gasteiger partial charge in [-0.1, -0.05) is 6.07 Å². The molecule has 1 heterocycles. The van der Waals surface area contributed by atoms with Crippen LogP contribution < -0.4 is 5.32 Å². The van der Waals surface area contributed by atoms with E-state index in [2.05, 4.69) is 10.1 Å². The molecule has 27 heavy (non-hydrogen) atoms. The van der Waals surface area contributed by atoms with Gasteiger partial charge in [0.15, 0.2) is 0 Å². The van der Waals surface area contributed by atoms with Crippen molar-refractivity contribution >= 4 is 39.0 Å². The molecule has 0 aliphatic carbocycles. The van der Waals surface area contributed by atoms with Gasteiger partial charge >= 0.3 is 11.9 Å². The number of nitrogens with one attached hydrogen (secondary N) is 1. The second-order valence-corrected chi connectivity index (χ2v) is 6.72. The highest BCUT2D eigenvalue weighted by atomic mass is 32.1. The Labute approximate surface area is 159 Å². The van der Waals surface area contributed by atoms with Crippen LogP contribution in [-0.2, 0) is 16.0 Å². The van der Waals surface area contributed by atoms with Gasteiger partial charge in [0.05, 0.1) is 19.3 Å². The number of thiophene rings is 1. The second kappa shape index (κ2) is 8.18. The van der Waals surface area contributed by atoms with Crippen LogP contribution in [0, 0.1) is 5.82 Å². The van der Waals surface area contributed by atoms with Gasteiger partial charge in [0, 0.05) is 27.9 Å². The molecule has 1 aromatic heterocycles. The van der Waals surface area contributed by atoms with Crippen LogP contribution >= 0.6 is 11.3 Å². The van der Waals surface area contributed by atoms with Crippen LogP contribution in [0.15, 0.2) is 42.5 Å². The maximum absolute atomic E-state index is 14.4. The average Bonchev–Trinajstić information content (AvgIpc) is 3.06. The van der Waals surface area contributed by atoms with E-state index in [0.717, 1.165) is 5.69 Å². The van der Waals surface area contributed by atoms with Crippen molar-refractivity contribution in [1.29, 1.82) is 0 Å². The summed E-state index contributed by atoms with van der Waals surface area (Å²) < 4.78 is 24.9. The molecule has 5 nitrogen and oxygen atoms in total. The predicted octanol–water partition coefficient (Wildman–Crippen LogP) is 4.62. The number of halogens is 1. The van der Waals surface area contributed by atoms with Crippen molar-refractivity contribution in [3.05, 3.63) is 64.3 Å². The lowest BCUT2D eigenvalue weighted by molar-refractivity contribution is 0.0530.